The van der Waals surface area contributed by atoms with Crippen molar-refractivity contribution >= 4 is 50.3 Å². The molecule has 1 aromatic carbocycles. The molecule has 0 bridgehead atoms. The summed E-state index contributed by atoms with van der Waals surface area (Å²) in [6, 6.07) is 7.83. The van der Waals surface area contributed by atoms with E-state index in [9.17, 15) is 0 Å². The van der Waals surface area contributed by atoms with E-state index in [1.54, 1.807) is 4.68 Å². The van der Waals surface area contributed by atoms with Gasteiger partial charge in [-0.25, -0.2) is 14.6 Å². The third-order valence-corrected chi connectivity index (χ3v) is 4.10. The fraction of sp³-hybridized carbons (Fsp3) is 0.0833. The first-order valence-corrected chi connectivity index (χ1v) is 7.80. The van der Waals surface area contributed by atoms with Crippen molar-refractivity contribution in [3.8, 4) is 5.69 Å². The number of benzene rings is 1. The molecule has 0 aliphatic rings. The van der Waals surface area contributed by atoms with Gasteiger partial charge in [-0.15, -0.1) is 5.10 Å². The lowest BCUT2D eigenvalue weighted by Crippen LogP contribution is -1.95. The van der Waals surface area contributed by atoms with Gasteiger partial charge in [0.05, 0.1) is 11.1 Å². The van der Waals surface area contributed by atoms with Gasteiger partial charge >= 0.3 is 0 Å². The van der Waals surface area contributed by atoms with Crippen LogP contribution in [0, 0.1) is 0 Å². The summed E-state index contributed by atoms with van der Waals surface area (Å²) in [6.45, 7) is 0. The zero-order valence-corrected chi connectivity index (χ0v) is 13.0. The highest BCUT2D eigenvalue weighted by molar-refractivity contribution is 9.10. The van der Waals surface area contributed by atoms with Gasteiger partial charge < -0.3 is 0 Å². The summed E-state index contributed by atoms with van der Waals surface area (Å²) in [7, 11) is 0. The molecule has 0 N–H and O–H groups in total. The monoisotopic (exact) mass is 354 g/mol. The van der Waals surface area contributed by atoms with Gasteiger partial charge in [-0.3, -0.25) is 0 Å². The molecule has 0 aliphatic carbocycles. The zero-order valence-electron chi connectivity index (χ0n) is 9.84. The van der Waals surface area contributed by atoms with Gasteiger partial charge in [0, 0.05) is 10.7 Å². The minimum absolute atomic E-state index is 0.424. The molecule has 0 spiro atoms. The quantitative estimate of drug-likeness (QED) is 0.396. The van der Waals surface area contributed by atoms with Gasteiger partial charge in [0.2, 0.25) is 0 Å². The van der Waals surface area contributed by atoms with Crippen molar-refractivity contribution in [2.45, 2.75) is 5.16 Å². The Labute approximate surface area is 127 Å². The van der Waals surface area contributed by atoms with Crippen molar-refractivity contribution < 1.29 is 0 Å². The molecule has 0 radical (unpaired) electrons. The molecule has 3 aromatic rings. The molecule has 0 fully saturated rings. The van der Waals surface area contributed by atoms with Crippen molar-refractivity contribution in [1.82, 2.24) is 19.7 Å². The lowest BCUT2D eigenvalue weighted by molar-refractivity contribution is 0.877. The molecule has 3 rings (SSSR count). The van der Waals surface area contributed by atoms with E-state index in [0.29, 0.717) is 16.0 Å². The van der Waals surface area contributed by atoms with E-state index in [0.717, 1.165) is 15.5 Å². The summed E-state index contributed by atoms with van der Waals surface area (Å²) in [5, 5.41) is 6.24. The van der Waals surface area contributed by atoms with Crippen molar-refractivity contribution in [2.75, 3.05) is 6.26 Å². The lowest BCUT2D eigenvalue weighted by atomic mass is 10.3. The number of fused-ring (bicyclic) bond motifs is 1. The average Bonchev–Trinajstić information content (AvgIpc) is 2.83. The minimum atomic E-state index is 0.424. The van der Waals surface area contributed by atoms with Crippen LogP contribution in [-0.2, 0) is 0 Å². The summed E-state index contributed by atoms with van der Waals surface area (Å²) in [5.74, 6) is 0. The number of para-hydroxylation sites is 1. The van der Waals surface area contributed by atoms with Crippen LogP contribution in [0.5, 0.6) is 0 Å². The molecule has 96 valence electrons. The molecule has 2 heterocycles. The maximum Gasteiger partial charge on any atom is 0.190 e. The third kappa shape index (κ3) is 2.35. The van der Waals surface area contributed by atoms with Crippen LogP contribution in [0.3, 0.4) is 0 Å². The molecule has 0 saturated heterocycles. The molecule has 0 amide bonds. The van der Waals surface area contributed by atoms with Crippen LogP contribution < -0.4 is 0 Å². The van der Waals surface area contributed by atoms with Crippen LogP contribution in [0.15, 0.2) is 40.1 Å². The molecule has 0 aliphatic heterocycles. The molecule has 4 nitrogen and oxygen atoms in total. The first kappa shape index (κ1) is 12.9. The fourth-order valence-corrected chi connectivity index (χ4v) is 2.80. The molecular weight excluding hydrogens is 348 g/mol. The van der Waals surface area contributed by atoms with Crippen LogP contribution in [0.4, 0.5) is 0 Å². The van der Waals surface area contributed by atoms with Crippen LogP contribution in [0.1, 0.15) is 0 Å². The highest BCUT2D eigenvalue weighted by Crippen LogP contribution is 2.26. The molecule has 2 aromatic heterocycles. The second-order valence-corrected chi connectivity index (χ2v) is 5.75. The van der Waals surface area contributed by atoms with E-state index in [-0.39, 0.29) is 0 Å². The van der Waals surface area contributed by atoms with E-state index >= 15 is 0 Å². The number of nitrogens with zero attached hydrogens (tertiary/aromatic N) is 4. The Morgan fingerprint density at radius 1 is 1.26 bits per heavy atom. The topological polar surface area (TPSA) is 43.6 Å². The Kier molecular flexibility index (Phi) is 3.47. The Morgan fingerprint density at radius 2 is 2.05 bits per heavy atom. The summed E-state index contributed by atoms with van der Waals surface area (Å²) < 4.78 is 2.70. The summed E-state index contributed by atoms with van der Waals surface area (Å²) >= 11 is 11.1. The van der Waals surface area contributed by atoms with Crippen LogP contribution in [0.2, 0.25) is 5.15 Å². The van der Waals surface area contributed by atoms with Crippen molar-refractivity contribution in [1.29, 1.82) is 0 Å². The lowest BCUT2D eigenvalue weighted by Gasteiger charge is -2.02. The van der Waals surface area contributed by atoms with Gasteiger partial charge in [0.15, 0.2) is 10.8 Å². The van der Waals surface area contributed by atoms with Crippen molar-refractivity contribution in [3.05, 3.63) is 40.1 Å². The Morgan fingerprint density at radius 3 is 2.79 bits per heavy atom. The normalized spacial score (nSPS) is 11.1. The van der Waals surface area contributed by atoms with Gasteiger partial charge in [-0.05, 0) is 34.3 Å². The number of thioether (sulfide) groups is 1. The molecule has 0 atom stereocenters. The van der Waals surface area contributed by atoms with E-state index in [1.165, 1.54) is 11.8 Å². The minimum Gasteiger partial charge on any atom is -0.237 e. The number of rotatable bonds is 2. The molecular formula is C12H8BrClN4S. The zero-order chi connectivity index (χ0) is 13.4. The van der Waals surface area contributed by atoms with Crippen LogP contribution in [0.25, 0.3) is 16.7 Å². The number of hydrogen-bond acceptors (Lipinski definition) is 4. The van der Waals surface area contributed by atoms with Gasteiger partial charge in [0.1, 0.15) is 5.15 Å². The Bertz CT molecular complexity index is 759. The van der Waals surface area contributed by atoms with Gasteiger partial charge in [0.25, 0.3) is 0 Å². The number of aromatic nitrogens is 4. The Balaban J connectivity index is 2.22. The maximum atomic E-state index is 6.15. The summed E-state index contributed by atoms with van der Waals surface area (Å²) in [6.07, 6.45) is 3.74. The fourth-order valence-electron chi connectivity index (χ4n) is 1.70. The summed E-state index contributed by atoms with van der Waals surface area (Å²) in [4.78, 5) is 8.55. The maximum absolute atomic E-state index is 6.15. The number of hydrogen-bond donors (Lipinski definition) is 0. The second kappa shape index (κ2) is 5.11. The smallest absolute Gasteiger partial charge is 0.190 e. The molecule has 0 saturated carbocycles. The first-order valence-electron chi connectivity index (χ1n) is 5.41. The SMILES string of the molecule is CSc1nc(Cl)c2cn(-c3ccccc3Br)nc2n1. The van der Waals surface area contributed by atoms with E-state index < -0.39 is 0 Å². The predicted molar refractivity (Wildman–Crippen MR) is 81.2 cm³/mol. The largest absolute Gasteiger partial charge is 0.237 e. The predicted octanol–water partition coefficient (Wildman–Crippen LogP) is 3.95. The standard InChI is InChI=1S/C12H8BrClN4S/c1-19-12-15-10(14)7-6-18(17-11(7)16-12)9-5-3-2-4-8(9)13/h2-6H,1H3. The highest BCUT2D eigenvalue weighted by atomic mass is 79.9. The van der Waals surface area contributed by atoms with Crippen molar-refractivity contribution in [2.24, 2.45) is 0 Å². The third-order valence-electron chi connectivity index (χ3n) is 2.59. The second-order valence-electron chi connectivity index (χ2n) is 3.76. The van der Waals surface area contributed by atoms with Gasteiger partial charge in [-0.2, -0.15) is 0 Å². The van der Waals surface area contributed by atoms with Gasteiger partial charge in [-0.1, -0.05) is 35.5 Å². The van der Waals surface area contributed by atoms with E-state index in [4.69, 9.17) is 11.6 Å². The first-order chi connectivity index (χ1) is 9.19. The van der Waals surface area contributed by atoms with E-state index in [1.807, 2.05) is 36.7 Å². The van der Waals surface area contributed by atoms with Crippen LogP contribution >= 0.6 is 39.3 Å². The molecule has 19 heavy (non-hydrogen) atoms. The average molecular weight is 356 g/mol. The number of halogens is 2. The van der Waals surface area contributed by atoms with Crippen molar-refractivity contribution in [3.63, 3.8) is 0 Å². The molecule has 0 unspecified atom stereocenters. The summed E-state index contributed by atoms with van der Waals surface area (Å²) in [5.41, 5.74) is 1.53. The molecule has 7 heteroatoms. The highest BCUT2D eigenvalue weighted by Gasteiger charge is 2.11. The van der Waals surface area contributed by atoms with Crippen LogP contribution in [-0.4, -0.2) is 26.0 Å². The Hall–Kier alpha value is -1.11. The van der Waals surface area contributed by atoms with E-state index in [2.05, 4.69) is 31.0 Å².